The van der Waals surface area contributed by atoms with Gasteiger partial charge < -0.3 is 9.88 Å². The Bertz CT molecular complexity index is 1390. The number of halogens is 2. The van der Waals surface area contributed by atoms with Gasteiger partial charge in [0.05, 0.1) is 12.8 Å². The van der Waals surface area contributed by atoms with Crippen molar-refractivity contribution in [1.29, 1.82) is 0 Å². The molecule has 8 heteroatoms. The lowest BCUT2D eigenvalue weighted by Crippen LogP contribution is -2.34. The number of aromatic nitrogens is 1. The average Bonchev–Trinajstić information content (AvgIpc) is 3.17. The number of para-hydroxylation sites is 1. The van der Waals surface area contributed by atoms with E-state index in [1.807, 2.05) is 55.6 Å². The first kappa shape index (κ1) is 23.5. The normalized spacial score (nSPS) is 11.1. The summed E-state index contributed by atoms with van der Waals surface area (Å²) in [5, 5.41) is 8.84. The molecule has 4 aromatic rings. The molecule has 1 heterocycles. The van der Waals surface area contributed by atoms with Gasteiger partial charge in [-0.2, -0.15) is 5.10 Å². The van der Waals surface area contributed by atoms with Gasteiger partial charge in [-0.05, 0) is 42.8 Å². The number of carbonyl (C=O) groups is 2. The summed E-state index contributed by atoms with van der Waals surface area (Å²) >= 11 is 12.4. The second kappa shape index (κ2) is 10.5. The molecule has 2 amide bonds. The summed E-state index contributed by atoms with van der Waals surface area (Å²) in [4.78, 5) is 24.3. The maximum absolute atomic E-state index is 12.2. The number of carbonyl (C=O) groups excluding carboxylic acids is 2. The van der Waals surface area contributed by atoms with Crippen LogP contribution in [0.1, 0.15) is 27.0 Å². The van der Waals surface area contributed by atoms with Gasteiger partial charge in [-0.25, -0.2) is 5.43 Å². The third-order valence-corrected chi connectivity index (χ3v) is 5.84. The molecule has 34 heavy (non-hydrogen) atoms. The molecule has 1 aromatic heterocycles. The highest BCUT2D eigenvalue weighted by Crippen LogP contribution is 2.25. The fourth-order valence-corrected chi connectivity index (χ4v) is 4.07. The summed E-state index contributed by atoms with van der Waals surface area (Å²) in [6.07, 6.45) is 3.54. The summed E-state index contributed by atoms with van der Waals surface area (Å²) < 4.78 is 2.07. The number of hydrogen-bond donors (Lipinski definition) is 2. The van der Waals surface area contributed by atoms with Crippen molar-refractivity contribution in [3.8, 4) is 0 Å². The zero-order valence-electron chi connectivity index (χ0n) is 18.4. The van der Waals surface area contributed by atoms with E-state index in [-0.39, 0.29) is 12.5 Å². The highest BCUT2D eigenvalue weighted by molar-refractivity contribution is 6.35. The molecule has 0 aliphatic carbocycles. The van der Waals surface area contributed by atoms with Crippen molar-refractivity contribution in [2.24, 2.45) is 5.10 Å². The van der Waals surface area contributed by atoms with E-state index in [0.29, 0.717) is 22.2 Å². The number of nitrogens with one attached hydrogen (secondary N) is 2. The van der Waals surface area contributed by atoms with Crippen LogP contribution < -0.4 is 10.7 Å². The largest absolute Gasteiger partial charge is 0.343 e. The fraction of sp³-hybridized carbons (Fsp3) is 0.115. The molecule has 0 unspecified atom stereocenters. The first-order valence-electron chi connectivity index (χ1n) is 10.6. The molecule has 6 nitrogen and oxygen atoms in total. The van der Waals surface area contributed by atoms with Crippen LogP contribution in [0.4, 0.5) is 0 Å². The molecule has 0 aliphatic rings. The smallest absolute Gasteiger partial charge is 0.259 e. The SMILES string of the molecule is Cc1cccc(C(=O)NCC(=O)N/N=C\c2cn(Cc3ccc(Cl)cc3Cl)c3ccccc23)c1. The molecule has 0 aliphatic heterocycles. The molecular formula is C26H22Cl2N4O2. The monoisotopic (exact) mass is 492 g/mol. The van der Waals surface area contributed by atoms with E-state index in [0.717, 1.165) is 27.6 Å². The van der Waals surface area contributed by atoms with Crippen LogP contribution in [0.3, 0.4) is 0 Å². The number of rotatable bonds is 7. The quantitative estimate of drug-likeness (QED) is 0.275. The van der Waals surface area contributed by atoms with Gasteiger partial charge in [0, 0.05) is 44.8 Å². The molecule has 0 bridgehead atoms. The Labute approximate surface area is 207 Å². The van der Waals surface area contributed by atoms with Crippen LogP contribution in [0.2, 0.25) is 10.0 Å². The second-order valence-corrected chi connectivity index (χ2v) is 8.65. The Hall–Kier alpha value is -3.61. The van der Waals surface area contributed by atoms with Crippen LogP contribution in [0.5, 0.6) is 0 Å². The first-order chi connectivity index (χ1) is 16.4. The Morgan fingerprint density at radius 1 is 1.03 bits per heavy atom. The number of amides is 2. The number of hydrogen-bond acceptors (Lipinski definition) is 3. The lowest BCUT2D eigenvalue weighted by molar-refractivity contribution is -0.120. The van der Waals surface area contributed by atoms with E-state index < -0.39 is 5.91 Å². The maximum Gasteiger partial charge on any atom is 0.259 e. The van der Waals surface area contributed by atoms with Crippen LogP contribution in [0.15, 0.2) is 78.0 Å². The maximum atomic E-state index is 12.2. The summed E-state index contributed by atoms with van der Waals surface area (Å²) in [5.41, 5.74) is 6.72. The Balaban J connectivity index is 1.42. The Morgan fingerprint density at radius 3 is 2.65 bits per heavy atom. The predicted molar refractivity (Wildman–Crippen MR) is 137 cm³/mol. The van der Waals surface area contributed by atoms with Crippen molar-refractivity contribution >= 4 is 52.1 Å². The van der Waals surface area contributed by atoms with Gasteiger partial charge in [-0.3, -0.25) is 9.59 Å². The van der Waals surface area contributed by atoms with Crippen LogP contribution in [0, 0.1) is 6.92 Å². The molecule has 0 saturated carbocycles. The lowest BCUT2D eigenvalue weighted by Gasteiger charge is -2.08. The Morgan fingerprint density at radius 2 is 1.85 bits per heavy atom. The number of aryl methyl sites for hydroxylation is 1. The van der Waals surface area contributed by atoms with E-state index in [1.54, 1.807) is 30.5 Å². The van der Waals surface area contributed by atoms with Crippen molar-refractivity contribution < 1.29 is 9.59 Å². The standard InChI is InChI=1S/C26H22Cl2N4O2/c1-17-5-4-6-18(11-17)26(34)29-14-25(33)31-30-13-20-16-32(24-8-3-2-7-22(20)24)15-19-9-10-21(27)12-23(19)28/h2-13,16H,14-15H2,1H3,(H,29,34)(H,31,33)/b30-13-. The molecular weight excluding hydrogens is 471 g/mol. The molecule has 3 aromatic carbocycles. The number of hydrazone groups is 1. The van der Waals surface area contributed by atoms with Gasteiger partial charge in [0.25, 0.3) is 11.8 Å². The molecule has 0 saturated heterocycles. The number of benzene rings is 3. The minimum absolute atomic E-state index is 0.180. The highest BCUT2D eigenvalue weighted by atomic mass is 35.5. The lowest BCUT2D eigenvalue weighted by atomic mass is 10.1. The number of fused-ring (bicyclic) bond motifs is 1. The van der Waals surface area contributed by atoms with Crippen LogP contribution in [-0.4, -0.2) is 29.1 Å². The third kappa shape index (κ3) is 5.65. The molecule has 0 spiro atoms. The summed E-state index contributed by atoms with van der Waals surface area (Å²) in [6, 6.07) is 20.5. The van der Waals surface area contributed by atoms with Crippen molar-refractivity contribution in [3.63, 3.8) is 0 Å². The van der Waals surface area contributed by atoms with E-state index in [4.69, 9.17) is 23.2 Å². The van der Waals surface area contributed by atoms with Gasteiger partial charge in [0.2, 0.25) is 0 Å². The van der Waals surface area contributed by atoms with Crippen LogP contribution in [0.25, 0.3) is 10.9 Å². The molecule has 0 radical (unpaired) electrons. The molecule has 172 valence electrons. The van der Waals surface area contributed by atoms with Crippen LogP contribution in [-0.2, 0) is 11.3 Å². The van der Waals surface area contributed by atoms with Gasteiger partial charge in [-0.1, -0.05) is 65.2 Å². The molecule has 0 atom stereocenters. The summed E-state index contributed by atoms with van der Waals surface area (Å²) in [6.45, 7) is 2.28. The van der Waals surface area contributed by atoms with Gasteiger partial charge in [0.15, 0.2) is 0 Å². The average molecular weight is 493 g/mol. The van der Waals surface area contributed by atoms with Crippen molar-refractivity contribution in [3.05, 3.63) is 105 Å². The fourth-order valence-electron chi connectivity index (χ4n) is 3.60. The van der Waals surface area contributed by atoms with Crippen molar-refractivity contribution in [1.82, 2.24) is 15.3 Å². The first-order valence-corrected chi connectivity index (χ1v) is 11.3. The third-order valence-electron chi connectivity index (χ3n) is 5.26. The summed E-state index contributed by atoms with van der Waals surface area (Å²) in [5.74, 6) is -0.735. The summed E-state index contributed by atoms with van der Waals surface area (Å²) in [7, 11) is 0. The van der Waals surface area contributed by atoms with Gasteiger partial charge in [0.1, 0.15) is 0 Å². The van der Waals surface area contributed by atoms with Crippen molar-refractivity contribution in [2.45, 2.75) is 13.5 Å². The van der Waals surface area contributed by atoms with E-state index >= 15 is 0 Å². The highest BCUT2D eigenvalue weighted by Gasteiger charge is 2.10. The molecule has 0 fully saturated rings. The van der Waals surface area contributed by atoms with E-state index in [1.165, 1.54) is 0 Å². The minimum Gasteiger partial charge on any atom is -0.343 e. The second-order valence-electron chi connectivity index (χ2n) is 7.81. The van der Waals surface area contributed by atoms with Crippen LogP contribution >= 0.6 is 23.2 Å². The Kier molecular flexibility index (Phi) is 7.30. The van der Waals surface area contributed by atoms with E-state index in [2.05, 4.69) is 20.4 Å². The topological polar surface area (TPSA) is 75.5 Å². The molecule has 2 N–H and O–H groups in total. The zero-order valence-corrected chi connectivity index (χ0v) is 19.9. The van der Waals surface area contributed by atoms with E-state index in [9.17, 15) is 9.59 Å². The predicted octanol–water partition coefficient (Wildman–Crippen LogP) is 5.18. The van der Waals surface area contributed by atoms with Crippen molar-refractivity contribution in [2.75, 3.05) is 6.54 Å². The zero-order chi connectivity index (χ0) is 24.1. The van der Waals surface area contributed by atoms with Gasteiger partial charge >= 0.3 is 0 Å². The van der Waals surface area contributed by atoms with Gasteiger partial charge in [-0.15, -0.1) is 0 Å². The molecule has 4 rings (SSSR count). The number of nitrogens with zero attached hydrogens (tertiary/aromatic N) is 2. The minimum atomic E-state index is -0.422.